The first kappa shape index (κ1) is 15.4. The first-order chi connectivity index (χ1) is 10.1. The summed E-state index contributed by atoms with van der Waals surface area (Å²) in [5.41, 5.74) is 7.43. The molecule has 2 rings (SSSR count). The van der Waals surface area contributed by atoms with Crippen molar-refractivity contribution in [1.29, 1.82) is 0 Å². The number of nitrogens with two attached hydrogens (primary N) is 1. The van der Waals surface area contributed by atoms with Crippen LogP contribution in [-0.2, 0) is 6.42 Å². The van der Waals surface area contributed by atoms with Crippen LogP contribution in [0.3, 0.4) is 0 Å². The van der Waals surface area contributed by atoms with E-state index in [1.54, 1.807) is 19.1 Å². The summed E-state index contributed by atoms with van der Waals surface area (Å²) in [6.07, 6.45) is 0.571. The third-order valence-electron chi connectivity index (χ3n) is 3.38. The third-order valence-corrected chi connectivity index (χ3v) is 3.38. The molecule has 0 amide bonds. The molecule has 0 bridgehead atoms. The van der Waals surface area contributed by atoms with Gasteiger partial charge in [0.1, 0.15) is 5.82 Å². The Bertz CT molecular complexity index is 601. The fourth-order valence-electron chi connectivity index (χ4n) is 2.33. The maximum atomic E-state index is 13.9. The summed E-state index contributed by atoms with van der Waals surface area (Å²) >= 11 is 0. The summed E-state index contributed by atoms with van der Waals surface area (Å²) < 4.78 is 32.3. The summed E-state index contributed by atoms with van der Waals surface area (Å²) in [7, 11) is 0. The Morgan fingerprint density at radius 1 is 1.14 bits per heavy atom. The van der Waals surface area contributed by atoms with E-state index in [2.05, 4.69) is 0 Å². The molecule has 0 aliphatic rings. The number of benzene rings is 2. The van der Waals surface area contributed by atoms with E-state index < -0.39 is 5.82 Å². The molecule has 0 radical (unpaired) electrons. The van der Waals surface area contributed by atoms with Crippen molar-refractivity contribution < 1.29 is 13.5 Å². The van der Waals surface area contributed by atoms with Crippen LogP contribution in [0.4, 0.5) is 8.78 Å². The molecule has 2 aromatic carbocycles. The van der Waals surface area contributed by atoms with Crippen LogP contribution >= 0.6 is 0 Å². The monoisotopic (exact) mass is 291 g/mol. The van der Waals surface area contributed by atoms with Gasteiger partial charge in [0.05, 0.1) is 6.61 Å². The zero-order valence-electron chi connectivity index (χ0n) is 12.0. The maximum Gasteiger partial charge on any atom is 0.165 e. The molecule has 21 heavy (non-hydrogen) atoms. The molecule has 0 aromatic heterocycles. The molecule has 4 heteroatoms. The molecule has 2 nitrogen and oxygen atoms in total. The second-order valence-electron chi connectivity index (χ2n) is 4.89. The molecule has 0 spiro atoms. The highest BCUT2D eigenvalue weighted by molar-refractivity contribution is 5.33. The Hall–Kier alpha value is -1.94. The lowest BCUT2D eigenvalue weighted by Crippen LogP contribution is -2.15. The van der Waals surface area contributed by atoms with E-state index in [4.69, 9.17) is 10.5 Å². The van der Waals surface area contributed by atoms with Gasteiger partial charge in [-0.3, -0.25) is 0 Å². The van der Waals surface area contributed by atoms with E-state index in [1.165, 1.54) is 18.2 Å². The standard InChI is InChI=1S/C17H19F2NO/c1-2-21-17-7-6-13(10-16(17)19)14(11-20)8-12-4-3-5-15(18)9-12/h3-7,9-10,14H,2,8,11,20H2,1H3. The van der Waals surface area contributed by atoms with Crippen LogP contribution in [0.5, 0.6) is 5.75 Å². The Labute approximate surface area is 123 Å². The number of ether oxygens (including phenoxy) is 1. The topological polar surface area (TPSA) is 35.2 Å². The van der Waals surface area contributed by atoms with Gasteiger partial charge in [-0.25, -0.2) is 8.78 Å². The Kier molecular flexibility index (Phi) is 5.28. The van der Waals surface area contributed by atoms with E-state index in [0.29, 0.717) is 19.6 Å². The molecule has 0 saturated heterocycles. The molecule has 0 aliphatic heterocycles. The van der Waals surface area contributed by atoms with Crippen molar-refractivity contribution in [3.63, 3.8) is 0 Å². The molecular weight excluding hydrogens is 272 g/mol. The van der Waals surface area contributed by atoms with Crippen LogP contribution in [0.2, 0.25) is 0 Å². The van der Waals surface area contributed by atoms with Gasteiger partial charge in [0.15, 0.2) is 11.6 Å². The van der Waals surface area contributed by atoms with Gasteiger partial charge < -0.3 is 10.5 Å². The Balaban J connectivity index is 2.19. The molecular formula is C17H19F2NO. The average molecular weight is 291 g/mol. The van der Waals surface area contributed by atoms with Gasteiger partial charge in [-0.2, -0.15) is 0 Å². The number of hydrogen-bond acceptors (Lipinski definition) is 2. The number of halogens is 2. The minimum Gasteiger partial charge on any atom is -0.491 e. The highest BCUT2D eigenvalue weighted by atomic mass is 19.1. The van der Waals surface area contributed by atoms with E-state index in [-0.39, 0.29) is 17.5 Å². The van der Waals surface area contributed by atoms with Crippen molar-refractivity contribution >= 4 is 0 Å². The lowest BCUT2D eigenvalue weighted by molar-refractivity contribution is 0.321. The predicted molar refractivity (Wildman–Crippen MR) is 79.5 cm³/mol. The first-order valence-electron chi connectivity index (χ1n) is 7.00. The fraction of sp³-hybridized carbons (Fsp3) is 0.294. The van der Waals surface area contributed by atoms with Gasteiger partial charge in [-0.1, -0.05) is 18.2 Å². The van der Waals surface area contributed by atoms with E-state index in [1.807, 2.05) is 12.1 Å². The van der Waals surface area contributed by atoms with Gasteiger partial charge in [0, 0.05) is 5.92 Å². The minimum atomic E-state index is -0.396. The zero-order valence-corrected chi connectivity index (χ0v) is 12.0. The highest BCUT2D eigenvalue weighted by Crippen LogP contribution is 2.25. The van der Waals surface area contributed by atoms with Crippen molar-refractivity contribution in [3.05, 3.63) is 65.2 Å². The molecule has 0 aliphatic carbocycles. The summed E-state index contributed by atoms with van der Waals surface area (Å²) in [5, 5.41) is 0. The molecule has 2 N–H and O–H groups in total. The van der Waals surface area contributed by atoms with Crippen LogP contribution < -0.4 is 10.5 Å². The Morgan fingerprint density at radius 2 is 1.95 bits per heavy atom. The third kappa shape index (κ3) is 4.02. The lowest BCUT2D eigenvalue weighted by Gasteiger charge is -2.16. The second-order valence-corrected chi connectivity index (χ2v) is 4.89. The summed E-state index contributed by atoms with van der Waals surface area (Å²) in [6.45, 7) is 2.59. The number of rotatable bonds is 6. The molecule has 112 valence electrons. The van der Waals surface area contributed by atoms with Crippen LogP contribution in [-0.4, -0.2) is 13.2 Å². The molecule has 2 aromatic rings. The van der Waals surface area contributed by atoms with E-state index in [0.717, 1.165) is 11.1 Å². The molecule has 1 unspecified atom stereocenters. The molecule has 0 heterocycles. The van der Waals surface area contributed by atoms with Gasteiger partial charge in [0.2, 0.25) is 0 Å². The fourth-order valence-corrected chi connectivity index (χ4v) is 2.33. The highest BCUT2D eigenvalue weighted by Gasteiger charge is 2.14. The average Bonchev–Trinajstić information content (AvgIpc) is 2.47. The van der Waals surface area contributed by atoms with Crippen LogP contribution in [0, 0.1) is 11.6 Å². The van der Waals surface area contributed by atoms with Gasteiger partial charge in [0.25, 0.3) is 0 Å². The van der Waals surface area contributed by atoms with Crippen molar-refractivity contribution in [2.24, 2.45) is 5.73 Å². The predicted octanol–water partition coefficient (Wildman–Crippen LogP) is 3.65. The zero-order chi connectivity index (χ0) is 15.2. The molecule has 1 atom stereocenters. The normalized spacial score (nSPS) is 12.2. The maximum absolute atomic E-state index is 13.9. The molecule has 0 fully saturated rings. The van der Waals surface area contributed by atoms with Crippen molar-refractivity contribution in [2.45, 2.75) is 19.3 Å². The van der Waals surface area contributed by atoms with E-state index in [9.17, 15) is 8.78 Å². The van der Waals surface area contributed by atoms with Crippen molar-refractivity contribution in [1.82, 2.24) is 0 Å². The van der Waals surface area contributed by atoms with Crippen LogP contribution in [0.25, 0.3) is 0 Å². The SMILES string of the molecule is CCOc1ccc(C(CN)Cc2cccc(F)c2)cc1F. The van der Waals surface area contributed by atoms with E-state index >= 15 is 0 Å². The van der Waals surface area contributed by atoms with Crippen LogP contribution in [0.15, 0.2) is 42.5 Å². The molecule has 0 saturated carbocycles. The minimum absolute atomic E-state index is 0.0584. The number of hydrogen-bond donors (Lipinski definition) is 1. The van der Waals surface area contributed by atoms with Gasteiger partial charge in [-0.05, 0) is 55.3 Å². The summed E-state index contributed by atoms with van der Waals surface area (Å²) in [4.78, 5) is 0. The van der Waals surface area contributed by atoms with Crippen molar-refractivity contribution in [2.75, 3.05) is 13.2 Å². The largest absolute Gasteiger partial charge is 0.491 e. The summed E-state index contributed by atoms with van der Waals surface area (Å²) in [6, 6.07) is 11.3. The quantitative estimate of drug-likeness (QED) is 0.881. The first-order valence-corrected chi connectivity index (χ1v) is 7.00. The van der Waals surface area contributed by atoms with Crippen LogP contribution in [0.1, 0.15) is 24.0 Å². The second kappa shape index (κ2) is 7.18. The smallest absolute Gasteiger partial charge is 0.165 e. The Morgan fingerprint density at radius 3 is 2.57 bits per heavy atom. The summed E-state index contributed by atoms with van der Waals surface area (Å²) in [5.74, 6) is -0.493. The van der Waals surface area contributed by atoms with Gasteiger partial charge >= 0.3 is 0 Å². The van der Waals surface area contributed by atoms with Crippen molar-refractivity contribution in [3.8, 4) is 5.75 Å². The van der Waals surface area contributed by atoms with Gasteiger partial charge in [-0.15, -0.1) is 0 Å². The lowest BCUT2D eigenvalue weighted by atomic mass is 9.92.